The smallest absolute Gasteiger partial charge is 0.141 e. The Morgan fingerprint density at radius 1 is 1.20 bits per heavy atom. The first kappa shape index (κ1) is 15.8. The molecule has 0 aromatic heterocycles. The van der Waals surface area contributed by atoms with Crippen LogP contribution >= 0.6 is 43.5 Å². The zero-order valence-corrected chi connectivity index (χ0v) is 14.8. The van der Waals surface area contributed by atoms with Crippen molar-refractivity contribution in [3.05, 3.63) is 62.3 Å². The highest BCUT2D eigenvalue weighted by atomic mass is 79.9. The van der Waals surface area contributed by atoms with Crippen molar-refractivity contribution in [2.45, 2.75) is 11.8 Å². The highest BCUT2D eigenvalue weighted by Crippen LogP contribution is 2.40. The fourth-order valence-corrected chi connectivity index (χ4v) is 3.36. The molecule has 2 rings (SSSR count). The summed E-state index contributed by atoms with van der Waals surface area (Å²) in [5, 5.41) is 0.662. The summed E-state index contributed by atoms with van der Waals surface area (Å²) in [5.41, 5.74) is 2.96. The molecule has 5 heteroatoms. The Morgan fingerprint density at radius 3 is 2.55 bits per heavy atom. The van der Waals surface area contributed by atoms with Crippen molar-refractivity contribution in [2.24, 2.45) is 0 Å². The summed E-state index contributed by atoms with van der Waals surface area (Å²) in [6.07, 6.45) is 0. The minimum absolute atomic E-state index is 0.131. The van der Waals surface area contributed by atoms with Gasteiger partial charge in [-0.25, -0.2) is 4.39 Å². The Labute approximate surface area is 139 Å². The SMILES string of the molecule is COc1cc(F)c(Br)cc1C(Br)c1cc(Cl)ccc1C. The van der Waals surface area contributed by atoms with E-state index in [9.17, 15) is 4.39 Å². The lowest BCUT2D eigenvalue weighted by Crippen LogP contribution is -2.00. The van der Waals surface area contributed by atoms with Crippen molar-refractivity contribution < 1.29 is 9.13 Å². The Balaban J connectivity index is 2.55. The van der Waals surface area contributed by atoms with Gasteiger partial charge in [0.05, 0.1) is 16.4 Å². The maximum Gasteiger partial charge on any atom is 0.141 e. The molecule has 0 saturated carbocycles. The van der Waals surface area contributed by atoms with Crippen LogP contribution in [0.25, 0.3) is 0 Å². The second-order valence-corrected chi connectivity index (χ2v) is 6.58. The van der Waals surface area contributed by atoms with Gasteiger partial charge in [-0.05, 0) is 52.2 Å². The van der Waals surface area contributed by atoms with Crippen LogP contribution < -0.4 is 4.74 Å². The van der Waals surface area contributed by atoms with Crippen LogP contribution in [0.4, 0.5) is 4.39 Å². The summed E-state index contributed by atoms with van der Waals surface area (Å²) in [7, 11) is 1.52. The maximum absolute atomic E-state index is 13.6. The molecule has 0 fully saturated rings. The largest absolute Gasteiger partial charge is 0.496 e. The number of hydrogen-bond acceptors (Lipinski definition) is 1. The molecule has 20 heavy (non-hydrogen) atoms. The minimum Gasteiger partial charge on any atom is -0.496 e. The molecule has 0 saturated heterocycles. The van der Waals surface area contributed by atoms with Gasteiger partial charge >= 0.3 is 0 Å². The molecular formula is C15H12Br2ClFO. The van der Waals surface area contributed by atoms with E-state index in [1.54, 1.807) is 6.07 Å². The van der Waals surface area contributed by atoms with Crippen molar-refractivity contribution in [2.75, 3.05) is 7.11 Å². The molecular weight excluding hydrogens is 410 g/mol. The molecule has 1 unspecified atom stereocenters. The monoisotopic (exact) mass is 420 g/mol. The van der Waals surface area contributed by atoms with E-state index in [1.165, 1.54) is 13.2 Å². The van der Waals surface area contributed by atoms with Crippen LogP contribution in [0.1, 0.15) is 21.5 Å². The van der Waals surface area contributed by atoms with Crippen molar-refractivity contribution in [1.29, 1.82) is 0 Å². The Hall–Kier alpha value is -0.580. The third-order valence-corrected chi connectivity index (χ3v) is 4.89. The molecule has 0 N–H and O–H groups in total. The second kappa shape index (κ2) is 6.46. The number of halogens is 4. The molecule has 1 nitrogen and oxygen atoms in total. The van der Waals surface area contributed by atoms with Gasteiger partial charge in [-0.1, -0.05) is 33.6 Å². The zero-order chi connectivity index (χ0) is 14.9. The van der Waals surface area contributed by atoms with E-state index in [2.05, 4.69) is 31.9 Å². The summed E-state index contributed by atoms with van der Waals surface area (Å²) in [5.74, 6) is 0.139. The van der Waals surface area contributed by atoms with E-state index in [0.29, 0.717) is 15.2 Å². The first-order chi connectivity index (χ1) is 9.43. The van der Waals surface area contributed by atoms with Gasteiger partial charge in [0.25, 0.3) is 0 Å². The maximum atomic E-state index is 13.6. The molecule has 0 spiro atoms. The van der Waals surface area contributed by atoms with Crippen LogP contribution in [0.2, 0.25) is 5.02 Å². The fourth-order valence-electron chi connectivity index (χ4n) is 1.97. The van der Waals surface area contributed by atoms with Crippen molar-refractivity contribution in [1.82, 2.24) is 0 Å². The average Bonchev–Trinajstić information content (AvgIpc) is 2.43. The van der Waals surface area contributed by atoms with E-state index in [0.717, 1.165) is 16.7 Å². The lowest BCUT2D eigenvalue weighted by molar-refractivity contribution is 0.406. The lowest BCUT2D eigenvalue weighted by atomic mass is 9.99. The minimum atomic E-state index is -0.354. The summed E-state index contributed by atoms with van der Waals surface area (Å²) < 4.78 is 19.3. The number of aryl methyl sites for hydroxylation is 1. The summed E-state index contributed by atoms with van der Waals surface area (Å²) in [4.78, 5) is -0.131. The lowest BCUT2D eigenvalue weighted by Gasteiger charge is -2.17. The van der Waals surface area contributed by atoms with Crippen molar-refractivity contribution >= 4 is 43.5 Å². The van der Waals surface area contributed by atoms with E-state index in [1.807, 2.05) is 25.1 Å². The zero-order valence-electron chi connectivity index (χ0n) is 10.9. The third-order valence-electron chi connectivity index (χ3n) is 3.06. The van der Waals surface area contributed by atoms with Crippen molar-refractivity contribution in [3.63, 3.8) is 0 Å². The Morgan fingerprint density at radius 2 is 1.90 bits per heavy atom. The van der Waals surface area contributed by atoms with Crippen LogP contribution in [-0.4, -0.2) is 7.11 Å². The first-order valence-electron chi connectivity index (χ1n) is 5.87. The van der Waals surface area contributed by atoms with Crippen molar-refractivity contribution in [3.8, 4) is 5.75 Å². The third kappa shape index (κ3) is 3.18. The quantitative estimate of drug-likeness (QED) is 0.548. The number of hydrogen-bond donors (Lipinski definition) is 0. The van der Waals surface area contributed by atoms with Gasteiger partial charge in [0.2, 0.25) is 0 Å². The van der Waals surface area contributed by atoms with Crippen LogP contribution in [-0.2, 0) is 0 Å². The van der Waals surface area contributed by atoms with Gasteiger partial charge in [-0.3, -0.25) is 0 Å². The molecule has 1 atom stereocenters. The standard InChI is InChI=1S/C15H12Br2ClFO/c1-8-3-4-9(18)5-10(8)15(17)11-6-12(16)13(19)7-14(11)20-2/h3-7,15H,1-2H3. The number of methoxy groups -OCH3 is 1. The predicted octanol–water partition coefficient (Wildman–Crippen LogP) is 6.04. The van der Waals surface area contributed by atoms with Crippen LogP contribution in [0.3, 0.4) is 0 Å². The average molecular weight is 423 g/mol. The van der Waals surface area contributed by atoms with Gasteiger partial charge in [0.15, 0.2) is 0 Å². The van der Waals surface area contributed by atoms with E-state index in [-0.39, 0.29) is 10.6 Å². The molecule has 2 aromatic rings. The second-order valence-electron chi connectivity index (χ2n) is 4.37. The number of ether oxygens (including phenoxy) is 1. The first-order valence-corrected chi connectivity index (χ1v) is 7.95. The topological polar surface area (TPSA) is 9.23 Å². The van der Waals surface area contributed by atoms with E-state index >= 15 is 0 Å². The molecule has 0 amide bonds. The fraction of sp³-hybridized carbons (Fsp3) is 0.200. The molecule has 0 bridgehead atoms. The van der Waals surface area contributed by atoms with Gasteiger partial charge in [-0.2, -0.15) is 0 Å². The number of alkyl halides is 1. The van der Waals surface area contributed by atoms with Crippen LogP contribution in [0.15, 0.2) is 34.8 Å². The molecule has 0 aliphatic carbocycles. The molecule has 0 heterocycles. The predicted molar refractivity (Wildman–Crippen MR) is 87.6 cm³/mol. The van der Waals surface area contributed by atoms with Gasteiger partial charge < -0.3 is 4.74 Å². The van der Waals surface area contributed by atoms with Gasteiger partial charge in [-0.15, -0.1) is 0 Å². The molecule has 106 valence electrons. The highest BCUT2D eigenvalue weighted by Gasteiger charge is 2.19. The van der Waals surface area contributed by atoms with E-state index in [4.69, 9.17) is 16.3 Å². The summed E-state index contributed by atoms with van der Waals surface area (Å²) in [6, 6.07) is 8.78. The Bertz CT molecular complexity index is 646. The van der Waals surface area contributed by atoms with Crippen LogP contribution in [0, 0.1) is 12.7 Å². The van der Waals surface area contributed by atoms with Gasteiger partial charge in [0.1, 0.15) is 11.6 Å². The van der Waals surface area contributed by atoms with E-state index < -0.39 is 0 Å². The highest BCUT2D eigenvalue weighted by molar-refractivity contribution is 9.10. The summed E-state index contributed by atoms with van der Waals surface area (Å²) >= 11 is 12.9. The number of benzene rings is 2. The molecule has 2 aromatic carbocycles. The Kier molecular flexibility index (Phi) is 5.10. The van der Waals surface area contributed by atoms with Crippen LogP contribution in [0.5, 0.6) is 5.75 Å². The number of rotatable bonds is 3. The molecule has 0 aliphatic heterocycles. The molecule has 0 radical (unpaired) electrons. The van der Waals surface area contributed by atoms with Gasteiger partial charge in [0, 0.05) is 16.7 Å². The summed E-state index contributed by atoms with van der Waals surface area (Å²) in [6.45, 7) is 2.00. The normalized spacial score (nSPS) is 12.3. The molecule has 0 aliphatic rings.